The van der Waals surface area contributed by atoms with Gasteiger partial charge in [0.25, 0.3) is 0 Å². The van der Waals surface area contributed by atoms with Crippen LogP contribution in [0.5, 0.6) is 0 Å². The lowest BCUT2D eigenvalue weighted by atomic mass is 10.2. The van der Waals surface area contributed by atoms with E-state index < -0.39 is 0 Å². The van der Waals surface area contributed by atoms with E-state index in [4.69, 9.17) is 5.73 Å². The van der Waals surface area contributed by atoms with Gasteiger partial charge in [-0.3, -0.25) is 9.59 Å². The number of hydrogen-bond donors (Lipinski definition) is 2. The Labute approximate surface area is 133 Å². The van der Waals surface area contributed by atoms with E-state index in [9.17, 15) is 9.59 Å². The number of rotatable bonds is 11. The van der Waals surface area contributed by atoms with Crippen LogP contribution < -0.4 is 11.1 Å². The molecule has 116 valence electrons. The number of nitrogens with zero attached hydrogens (tertiary/aromatic N) is 1. The maximum atomic E-state index is 11.6. The number of hydrogen-bond acceptors (Lipinski definition) is 5. The Balaban J connectivity index is 1.93. The van der Waals surface area contributed by atoms with Crippen molar-refractivity contribution >= 4 is 33.4 Å². The molecule has 0 bridgehead atoms. The van der Waals surface area contributed by atoms with Gasteiger partial charge in [-0.2, -0.15) is 0 Å². The third kappa shape index (κ3) is 10.2. The number of nitrogens with two attached hydrogens (primary N) is 1. The molecule has 0 unspecified atom stereocenters. The van der Waals surface area contributed by atoms with E-state index in [1.807, 2.05) is 18.2 Å². The molecule has 5 nitrogen and oxygen atoms in total. The average molecular weight is 327 g/mol. The molecule has 0 atom stereocenters. The van der Waals surface area contributed by atoms with E-state index in [1.165, 1.54) is 0 Å². The third-order valence-corrected chi connectivity index (χ3v) is 4.88. The summed E-state index contributed by atoms with van der Waals surface area (Å²) in [6.45, 7) is 0.662. The summed E-state index contributed by atoms with van der Waals surface area (Å²) >= 11 is 0. The van der Waals surface area contributed by atoms with Gasteiger partial charge in [0.05, 0.1) is 0 Å². The van der Waals surface area contributed by atoms with Crippen molar-refractivity contribution in [1.82, 2.24) is 10.3 Å². The minimum absolute atomic E-state index is 0.0685. The second-order valence-electron chi connectivity index (χ2n) is 4.45. The summed E-state index contributed by atoms with van der Waals surface area (Å²) < 4.78 is 0. The molecule has 0 radical (unpaired) electrons. The fourth-order valence-electron chi connectivity index (χ4n) is 1.55. The molecule has 3 N–H and O–H groups in total. The summed E-state index contributed by atoms with van der Waals surface area (Å²) in [5, 5.41) is 3.83. The van der Waals surface area contributed by atoms with Gasteiger partial charge >= 0.3 is 0 Å². The lowest BCUT2D eigenvalue weighted by Gasteiger charge is -2.04. The second kappa shape index (κ2) is 11.4. The van der Waals surface area contributed by atoms with Crippen molar-refractivity contribution in [2.75, 3.05) is 12.3 Å². The van der Waals surface area contributed by atoms with Crippen molar-refractivity contribution in [1.29, 1.82) is 0 Å². The van der Waals surface area contributed by atoms with Gasteiger partial charge in [-0.15, -0.1) is 0 Å². The van der Waals surface area contributed by atoms with Gasteiger partial charge in [0, 0.05) is 31.3 Å². The van der Waals surface area contributed by atoms with Crippen LogP contribution in [-0.4, -0.2) is 29.1 Å². The molecule has 0 saturated carbocycles. The molecule has 7 heteroatoms. The highest BCUT2D eigenvalue weighted by molar-refractivity contribution is 8.76. The van der Waals surface area contributed by atoms with Crippen LogP contribution in [0.3, 0.4) is 0 Å². The molecule has 1 rings (SSSR count). The second-order valence-corrected chi connectivity index (χ2v) is 6.89. The molecular weight excluding hydrogens is 306 g/mol. The topological polar surface area (TPSA) is 85.1 Å². The number of primary amides is 1. The predicted molar refractivity (Wildman–Crippen MR) is 87.8 cm³/mol. The van der Waals surface area contributed by atoms with Crippen LogP contribution in [0.2, 0.25) is 0 Å². The average Bonchev–Trinajstić information content (AvgIpc) is 2.48. The van der Waals surface area contributed by atoms with Gasteiger partial charge in [-0.25, -0.2) is 4.98 Å². The first kappa shape index (κ1) is 17.8. The van der Waals surface area contributed by atoms with Crippen LogP contribution in [0, 0.1) is 0 Å². The number of carbonyl (C=O) groups is 2. The summed E-state index contributed by atoms with van der Waals surface area (Å²) in [6, 6.07) is 5.77. The molecule has 0 saturated heterocycles. The van der Waals surface area contributed by atoms with Gasteiger partial charge in [0.15, 0.2) is 0 Å². The Bertz CT molecular complexity index is 429. The standard InChI is InChI=1S/C14H21N3O2S2/c15-12(18)6-2-1-4-9-16-13(19)8-11-20-21-14-7-3-5-10-17-14/h3,5,7,10H,1-2,4,6,8-9,11H2,(H2,15,18)(H,16,19). The van der Waals surface area contributed by atoms with Crippen molar-refractivity contribution in [2.45, 2.75) is 37.1 Å². The Hall–Kier alpha value is -1.21. The highest BCUT2D eigenvalue weighted by Gasteiger charge is 2.02. The molecule has 0 aromatic carbocycles. The van der Waals surface area contributed by atoms with Crippen LogP contribution in [-0.2, 0) is 9.59 Å². The van der Waals surface area contributed by atoms with E-state index in [2.05, 4.69) is 10.3 Å². The van der Waals surface area contributed by atoms with Gasteiger partial charge in [0.1, 0.15) is 5.03 Å². The van der Waals surface area contributed by atoms with Crippen molar-refractivity contribution in [3.63, 3.8) is 0 Å². The quantitative estimate of drug-likeness (QED) is 0.481. The van der Waals surface area contributed by atoms with E-state index in [0.29, 0.717) is 19.4 Å². The largest absolute Gasteiger partial charge is 0.370 e. The number of pyridine rings is 1. The fourth-order valence-corrected chi connectivity index (χ4v) is 3.42. The van der Waals surface area contributed by atoms with E-state index >= 15 is 0 Å². The summed E-state index contributed by atoms with van der Waals surface area (Å²) in [5.41, 5.74) is 5.05. The van der Waals surface area contributed by atoms with E-state index in [1.54, 1.807) is 27.8 Å². The summed E-state index contributed by atoms with van der Waals surface area (Å²) in [6.07, 6.45) is 5.28. The van der Waals surface area contributed by atoms with Crippen LogP contribution in [0.4, 0.5) is 0 Å². The normalized spacial score (nSPS) is 10.3. The lowest BCUT2D eigenvalue weighted by molar-refractivity contribution is -0.121. The van der Waals surface area contributed by atoms with E-state index in [-0.39, 0.29) is 11.8 Å². The molecule has 0 aliphatic carbocycles. The smallest absolute Gasteiger partial charge is 0.220 e. The lowest BCUT2D eigenvalue weighted by Crippen LogP contribution is -2.24. The van der Waals surface area contributed by atoms with Gasteiger partial charge in [-0.1, -0.05) is 23.3 Å². The molecule has 21 heavy (non-hydrogen) atoms. The van der Waals surface area contributed by atoms with Crippen molar-refractivity contribution in [2.24, 2.45) is 5.73 Å². The molecule has 2 amide bonds. The first-order chi connectivity index (χ1) is 10.2. The SMILES string of the molecule is NC(=O)CCCCCNC(=O)CCSSc1ccccn1. The van der Waals surface area contributed by atoms with Gasteiger partial charge in [0.2, 0.25) is 11.8 Å². The summed E-state index contributed by atoms with van der Waals surface area (Å²) in [7, 11) is 3.21. The molecule has 0 spiro atoms. The number of nitrogens with one attached hydrogen (secondary N) is 1. The Morgan fingerprint density at radius 2 is 2.05 bits per heavy atom. The highest BCUT2D eigenvalue weighted by atomic mass is 33.1. The number of carbonyl (C=O) groups excluding carboxylic acids is 2. The molecule has 1 aromatic rings. The summed E-state index contributed by atoms with van der Waals surface area (Å²) in [4.78, 5) is 26.3. The Kier molecular flexibility index (Phi) is 9.73. The van der Waals surface area contributed by atoms with Crippen molar-refractivity contribution in [3.8, 4) is 0 Å². The predicted octanol–water partition coefficient (Wildman–Crippen LogP) is 2.37. The molecule has 0 aliphatic rings. The van der Waals surface area contributed by atoms with Crippen LogP contribution in [0.1, 0.15) is 32.1 Å². The van der Waals surface area contributed by atoms with Gasteiger partial charge < -0.3 is 11.1 Å². The zero-order valence-electron chi connectivity index (χ0n) is 11.9. The fraction of sp³-hybridized carbons (Fsp3) is 0.500. The number of aromatic nitrogens is 1. The number of unbranched alkanes of at least 4 members (excludes halogenated alkanes) is 2. The highest BCUT2D eigenvalue weighted by Crippen LogP contribution is 2.29. The van der Waals surface area contributed by atoms with Crippen molar-refractivity contribution < 1.29 is 9.59 Å². The maximum absolute atomic E-state index is 11.6. The zero-order valence-corrected chi connectivity index (χ0v) is 13.5. The van der Waals surface area contributed by atoms with Crippen molar-refractivity contribution in [3.05, 3.63) is 24.4 Å². The third-order valence-electron chi connectivity index (χ3n) is 2.62. The zero-order chi connectivity index (χ0) is 15.3. The monoisotopic (exact) mass is 327 g/mol. The van der Waals surface area contributed by atoms with Crippen LogP contribution in [0.25, 0.3) is 0 Å². The Morgan fingerprint density at radius 3 is 2.76 bits per heavy atom. The minimum atomic E-state index is -0.263. The molecule has 0 fully saturated rings. The molecule has 1 aromatic heterocycles. The van der Waals surface area contributed by atoms with Crippen LogP contribution >= 0.6 is 21.6 Å². The van der Waals surface area contributed by atoms with Gasteiger partial charge in [-0.05, 0) is 35.8 Å². The maximum Gasteiger partial charge on any atom is 0.220 e. The number of amides is 2. The molecule has 1 heterocycles. The van der Waals surface area contributed by atoms with E-state index in [0.717, 1.165) is 30.0 Å². The molecular formula is C14H21N3O2S2. The first-order valence-electron chi connectivity index (χ1n) is 6.94. The Morgan fingerprint density at radius 1 is 1.19 bits per heavy atom. The molecule has 0 aliphatic heterocycles. The van der Waals surface area contributed by atoms with Crippen LogP contribution in [0.15, 0.2) is 29.4 Å². The minimum Gasteiger partial charge on any atom is -0.370 e. The summed E-state index contributed by atoms with van der Waals surface area (Å²) in [5.74, 6) is 0.565. The first-order valence-corrected chi connectivity index (χ1v) is 9.26.